The molecule has 5 nitrogen and oxygen atoms in total. The first kappa shape index (κ1) is 13.7. The molecule has 104 valence electrons. The Morgan fingerprint density at radius 2 is 2.37 bits per heavy atom. The molecule has 1 aromatic carbocycles. The Kier molecular flexibility index (Phi) is 4.27. The van der Waals surface area contributed by atoms with Crippen LogP contribution in [0.5, 0.6) is 5.75 Å². The van der Waals surface area contributed by atoms with Gasteiger partial charge in [0.25, 0.3) is 0 Å². The lowest BCUT2D eigenvalue weighted by molar-refractivity contribution is -0.117. The number of hydrogen-bond donors (Lipinski definition) is 2. The molecular formula is C14H21N3O2. The minimum atomic E-state index is -0.0296. The zero-order valence-corrected chi connectivity index (χ0v) is 11.5. The molecule has 19 heavy (non-hydrogen) atoms. The third-order valence-electron chi connectivity index (χ3n) is 3.37. The lowest BCUT2D eigenvalue weighted by atomic mass is 10.2. The summed E-state index contributed by atoms with van der Waals surface area (Å²) in [5.41, 5.74) is 6.95. The number of rotatable bonds is 4. The second-order valence-electron chi connectivity index (χ2n) is 5.14. The monoisotopic (exact) mass is 263 g/mol. The number of amides is 1. The lowest BCUT2D eigenvalue weighted by Gasteiger charge is -2.16. The molecular weight excluding hydrogens is 242 g/mol. The van der Waals surface area contributed by atoms with Gasteiger partial charge < -0.3 is 15.8 Å². The van der Waals surface area contributed by atoms with Gasteiger partial charge in [0.2, 0.25) is 5.91 Å². The van der Waals surface area contributed by atoms with Crippen molar-refractivity contribution in [2.75, 3.05) is 37.8 Å². The predicted octanol–water partition coefficient (Wildman–Crippen LogP) is 1.56. The van der Waals surface area contributed by atoms with E-state index in [0.29, 0.717) is 29.6 Å². The molecule has 0 bridgehead atoms. The van der Waals surface area contributed by atoms with Gasteiger partial charge in [-0.3, -0.25) is 9.69 Å². The van der Waals surface area contributed by atoms with Crippen LogP contribution < -0.4 is 15.8 Å². The number of likely N-dealkylation sites (tertiary alicyclic amines) is 1. The van der Waals surface area contributed by atoms with E-state index in [2.05, 4.69) is 17.1 Å². The normalized spacial score (nSPS) is 19.4. The molecule has 1 saturated heterocycles. The molecule has 5 heteroatoms. The van der Waals surface area contributed by atoms with Gasteiger partial charge in [-0.25, -0.2) is 0 Å². The van der Waals surface area contributed by atoms with Gasteiger partial charge in [0, 0.05) is 12.2 Å². The molecule has 0 aromatic heterocycles. The van der Waals surface area contributed by atoms with Crippen molar-refractivity contribution in [3.8, 4) is 5.75 Å². The number of ether oxygens (including phenoxy) is 1. The van der Waals surface area contributed by atoms with Gasteiger partial charge >= 0.3 is 0 Å². The van der Waals surface area contributed by atoms with E-state index in [0.717, 1.165) is 19.5 Å². The van der Waals surface area contributed by atoms with Crippen LogP contribution in [0.1, 0.15) is 13.3 Å². The van der Waals surface area contributed by atoms with Crippen molar-refractivity contribution in [1.29, 1.82) is 0 Å². The van der Waals surface area contributed by atoms with Crippen LogP contribution in [-0.4, -0.2) is 37.6 Å². The molecule has 1 aliphatic rings. The fourth-order valence-electron chi connectivity index (χ4n) is 2.39. The number of nitrogens with one attached hydrogen (secondary N) is 1. The Morgan fingerprint density at radius 3 is 3.00 bits per heavy atom. The van der Waals surface area contributed by atoms with Crippen molar-refractivity contribution in [3.05, 3.63) is 18.2 Å². The first-order valence-electron chi connectivity index (χ1n) is 6.54. The van der Waals surface area contributed by atoms with Crippen LogP contribution >= 0.6 is 0 Å². The maximum atomic E-state index is 12.0. The summed E-state index contributed by atoms with van der Waals surface area (Å²) in [5.74, 6) is 1.27. The van der Waals surface area contributed by atoms with E-state index in [1.807, 2.05) is 0 Å². The maximum absolute atomic E-state index is 12.0. The van der Waals surface area contributed by atoms with E-state index in [1.54, 1.807) is 25.3 Å². The minimum Gasteiger partial charge on any atom is -0.495 e. The summed E-state index contributed by atoms with van der Waals surface area (Å²) >= 11 is 0. The highest BCUT2D eigenvalue weighted by atomic mass is 16.5. The number of carbonyl (C=O) groups excluding carboxylic acids is 1. The van der Waals surface area contributed by atoms with Crippen molar-refractivity contribution in [2.45, 2.75) is 13.3 Å². The van der Waals surface area contributed by atoms with Gasteiger partial charge in [0.05, 0.1) is 19.3 Å². The van der Waals surface area contributed by atoms with E-state index < -0.39 is 0 Å². The fourth-order valence-corrected chi connectivity index (χ4v) is 2.39. The third-order valence-corrected chi connectivity index (χ3v) is 3.37. The Bertz CT molecular complexity index is 462. The third kappa shape index (κ3) is 3.61. The van der Waals surface area contributed by atoms with Gasteiger partial charge in [-0.05, 0) is 37.1 Å². The summed E-state index contributed by atoms with van der Waals surface area (Å²) in [7, 11) is 1.57. The van der Waals surface area contributed by atoms with Crippen LogP contribution in [0.25, 0.3) is 0 Å². The molecule has 1 unspecified atom stereocenters. The number of nitrogens with zero attached hydrogens (tertiary/aromatic N) is 1. The van der Waals surface area contributed by atoms with Crippen molar-refractivity contribution in [2.24, 2.45) is 5.92 Å². The number of nitrogens with two attached hydrogens (primary N) is 1. The molecule has 3 N–H and O–H groups in total. The van der Waals surface area contributed by atoms with E-state index in [-0.39, 0.29) is 5.91 Å². The predicted molar refractivity (Wildman–Crippen MR) is 76.3 cm³/mol. The number of benzene rings is 1. The SMILES string of the molecule is COc1ccc(N)cc1NC(=O)CN1CCC(C)C1. The van der Waals surface area contributed by atoms with E-state index in [4.69, 9.17) is 10.5 Å². The van der Waals surface area contributed by atoms with Crippen molar-refractivity contribution >= 4 is 17.3 Å². The van der Waals surface area contributed by atoms with Gasteiger partial charge in [-0.1, -0.05) is 6.92 Å². The van der Waals surface area contributed by atoms with Gasteiger partial charge in [-0.15, -0.1) is 0 Å². The average molecular weight is 263 g/mol. The Labute approximate surface area is 113 Å². The second-order valence-corrected chi connectivity index (χ2v) is 5.14. The molecule has 1 aromatic rings. The number of anilines is 2. The molecule has 0 aliphatic carbocycles. The first-order valence-corrected chi connectivity index (χ1v) is 6.54. The van der Waals surface area contributed by atoms with Crippen LogP contribution in [0.15, 0.2) is 18.2 Å². The second kappa shape index (κ2) is 5.93. The highest BCUT2D eigenvalue weighted by Crippen LogP contribution is 2.26. The van der Waals surface area contributed by atoms with Gasteiger partial charge in [0.15, 0.2) is 0 Å². The van der Waals surface area contributed by atoms with Crippen LogP contribution in [0.3, 0.4) is 0 Å². The highest BCUT2D eigenvalue weighted by molar-refractivity contribution is 5.94. The lowest BCUT2D eigenvalue weighted by Crippen LogP contribution is -2.31. The zero-order valence-electron chi connectivity index (χ0n) is 11.5. The maximum Gasteiger partial charge on any atom is 0.238 e. The molecule has 0 radical (unpaired) electrons. The van der Waals surface area contributed by atoms with Gasteiger partial charge in [0.1, 0.15) is 5.75 Å². The smallest absolute Gasteiger partial charge is 0.238 e. The Morgan fingerprint density at radius 1 is 1.58 bits per heavy atom. The minimum absolute atomic E-state index is 0.0296. The summed E-state index contributed by atoms with van der Waals surface area (Å²) in [6.45, 7) is 4.60. The van der Waals surface area contributed by atoms with Crippen LogP contribution in [0.4, 0.5) is 11.4 Å². The van der Waals surface area contributed by atoms with Crippen molar-refractivity contribution < 1.29 is 9.53 Å². The number of hydrogen-bond acceptors (Lipinski definition) is 4. The molecule has 0 spiro atoms. The van der Waals surface area contributed by atoms with Crippen LogP contribution in [0.2, 0.25) is 0 Å². The Balaban J connectivity index is 1.96. The summed E-state index contributed by atoms with van der Waals surface area (Å²) in [6.07, 6.45) is 1.16. The molecule has 1 aliphatic heterocycles. The summed E-state index contributed by atoms with van der Waals surface area (Å²) < 4.78 is 5.20. The fraction of sp³-hybridized carbons (Fsp3) is 0.500. The van der Waals surface area contributed by atoms with Crippen molar-refractivity contribution in [1.82, 2.24) is 4.90 Å². The first-order chi connectivity index (χ1) is 9.08. The topological polar surface area (TPSA) is 67.6 Å². The summed E-state index contributed by atoms with van der Waals surface area (Å²) in [4.78, 5) is 14.2. The molecule has 0 saturated carbocycles. The number of methoxy groups -OCH3 is 1. The molecule has 2 rings (SSSR count). The zero-order chi connectivity index (χ0) is 13.8. The number of nitrogen functional groups attached to an aromatic ring is 1. The molecule has 1 atom stereocenters. The summed E-state index contributed by atoms with van der Waals surface area (Å²) in [5, 5.41) is 2.86. The van der Waals surface area contributed by atoms with Gasteiger partial charge in [-0.2, -0.15) is 0 Å². The molecule has 1 heterocycles. The van der Waals surface area contributed by atoms with E-state index in [1.165, 1.54) is 0 Å². The van der Waals surface area contributed by atoms with Crippen LogP contribution in [-0.2, 0) is 4.79 Å². The molecule has 1 amide bonds. The van der Waals surface area contributed by atoms with E-state index in [9.17, 15) is 4.79 Å². The molecule has 1 fully saturated rings. The van der Waals surface area contributed by atoms with Crippen LogP contribution in [0, 0.1) is 5.92 Å². The quantitative estimate of drug-likeness (QED) is 0.809. The van der Waals surface area contributed by atoms with Crippen molar-refractivity contribution in [3.63, 3.8) is 0 Å². The Hall–Kier alpha value is -1.75. The standard InChI is InChI=1S/C14H21N3O2/c1-10-5-6-17(8-10)9-14(18)16-12-7-11(15)3-4-13(12)19-2/h3-4,7,10H,5-6,8-9,15H2,1-2H3,(H,16,18). The largest absolute Gasteiger partial charge is 0.495 e. The summed E-state index contributed by atoms with van der Waals surface area (Å²) in [6, 6.07) is 5.21. The number of carbonyl (C=O) groups is 1. The average Bonchev–Trinajstić information content (AvgIpc) is 2.75. The van der Waals surface area contributed by atoms with E-state index >= 15 is 0 Å². The highest BCUT2D eigenvalue weighted by Gasteiger charge is 2.21.